The number of alkyl halides is 3. The number of carbonyl (C=O) groups is 1. The van der Waals surface area contributed by atoms with E-state index in [4.69, 9.17) is 4.74 Å². The van der Waals surface area contributed by atoms with Gasteiger partial charge in [0.2, 0.25) is 10.0 Å². The van der Waals surface area contributed by atoms with Gasteiger partial charge in [-0.15, -0.1) is 0 Å². The number of amides is 1. The number of aryl methyl sites for hydroxylation is 1. The van der Waals surface area contributed by atoms with E-state index in [0.717, 1.165) is 5.56 Å². The largest absolute Gasteiger partial charge is 0.441 e. The van der Waals surface area contributed by atoms with E-state index in [1.807, 2.05) is 6.92 Å². The highest BCUT2D eigenvalue weighted by Gasteiger charge is 2.39. The summed E-state index contributed by atoms with van der Waals surface area (Å²) in [6, 6.07) is 11.0. The first-order chi connectivity index (χ1) is 13.4. The molecule has 0 aliphatic carbocycles. The fourth-order valence-electron chi connectivity index (χ4n) is 3.01. The van der Waals surface area contributed by atoms with Gasteiger partial charge in [-0.2, -0.15) is 13.2 Å². The van der Waals surface area contributed by atoms with Gasteiger partial charge in [0.15, 0.2) is 0 Å². The van der Waals surface area contributed by atoms with E-state index in [-0.39, 0.29) is 22.7 Å². The van der Waals surface area contributed by atoms with Crippen molar-refractivity contribution in [1.29, 1.82) is 0 Å². The van der Waals surface area contributed by atoms with E-state index < -0.39 is 34.9 Å². The number of carbonyl (C=O) groups excluding carboxylic acids is 1. The van der Waals surface area contributed by atoms with Crippen LogP contribution in [0.1, 0.15) is 29.7 Å². The Balaban J connectivity index is 1.84. The minimum Gasteiger partial charge on any atom is -0.441 e. The normalized spacial score (nSPS) is 16.9. The molecule has 0 saturated heterocycles. The molecule has 1 aliphatic heterocycles. The lowest BCUT2D eigenvalue weighted by atomic mass is 10.0. The summed E-state index contributed by atoms with van der Waals surface area (Å²) in [7, 11) is -3.75. The Morgan fingerprint density at radius 1 is 1.14 bits per heavy atom. The van der Waals surface area contributed by atoms with Gasteiger partial charge in [-0.25, -0.2) is 13.2 Å². The Kier molecular flexibility index (Phi) is 5.48. The van der Waals surface area contributed by atoms with Crippen LogP contribution in [0.2, 0.25) is 0 Å². The standard InChI is InChI=1S/C19H19F3N2O4S/c1-12-3-5-14(6-4-12)10-29(26,27)23-15-7-8-17-16(9-15)13(2)28-18(25)24(17)11-19(20,21)22/h3-9,13,23H,10-11H2,1-2H3. The van der Waals surface area contributed by atoms with E-state index >= 15 is 0 Å². The zero-order valence-electron chi connectivity index (χ0n) is 15.7. The molecule has 0 fully saturated rings. The van der Waals surface area contributed by atoms with Crippen LogP contribution >= 0.6 is 0 Å². The quantitative estimate of drug-likeness (QED) is 0.760. The average molecular weight is 428 g/mol. The number of hydrogen-bond donors (Lipinski definition) is 1. The Hall–Kier alpha value is -2.75. The third-order valence-corrected chi connectivity index (χ3v) is 5.60. The summed E-state index contributed by atoms with van der Waals surface area (Å²) in [5, 5.41) is 0. The van der Waals surface area contributed by atoms with Gasteiger partial charge in [-0.05, 0) is 37.6 Å². The minimum absolute atomic E-state index is 0.0348. The molecule has 1 amide bonds. The number of benzene rings is 2. The van der Waals surface area contributed by atoms with Crippen LogP contribution in [-0.4, -0.2) is 27.2 Å². The number of ether oxygens (including phenoxy) is 1. The maximum absolute atomic E-state index is 12.8. The monoisotopic (exact) mass is 428 g/mol. The molecule has 1 N–H and O–H groups in total. The van der Waals surface area contributed by atoms with Crippen LogP contribution < -0.4 is 9.62 Å². The molecule has 1 unspecified atom stereocenters. The van der Waals surface area contributed by atoms with Crippen LogP contribution in [0.3, 0.4) is 0 Å². The highest BCUT2D eigenvalue weighted by molar-refractivity contribution is 7.91. The number of hydrogen-bond acceptors (Lipinski definition) is 4. The molecule has 2 aromatic rings. The van der Waals surface area contributed by atoms with Gasteiger partial charge in [0, 0.05) is 11.3 Å². The van der Waals surface area contributed by atoms with Crippen molar-refractivity contribution in [2.24, 2.45) is 0 Å². The van der Waals surface area contributed by atoms with Gasteiger partial charge in [-0.3, -0.25) is 9.62 Å². The molecular formula is C19H19F3N2O4S. The molecule has 0 aromatic heterocycles. The molecule has 29 heavy (non-hydrogen) atoms. The number of nitrogens with zero attached hydrogens (tertiary/aromatic N) is 1. The Morgan fingerprint density at radius 3 is 2.41 bits per heavy atom. The van der Waals surface area contributed by atoms with Gasteiger partial charge in [-0.1, -0.05) is 29.8 Å². The number of halogens is 3. The van der Waals surface area contributed by atoms with E-state index in [9.17, 15) is 26.4 Å². The van der Waals surface area contributed by atoms with Crippen molar-refractivity contribution in [3.8, 4) is 0 Å². The Morgan fingerprint density at radius 2 is 1.79 bits per heavy atom. The van der Waals surface area contributed by atoms with Crippen LogP contribution in [0.4, 0.5) is 29.3 Å². The first-order valence-corrected chi connectivity index (χ1v) is 10.3. The summed E-state index contributed by atoms with van der Waals surface area (Å²) in [6.45, 7) is 1.90. The Labute approximate surface area is 166 Å². The summed E-state index contributed by atoms with van der Waals surface area (Å²) in [5.41, 5.74) is 2.09. The molecule has 156 valence electrons. The molecule has 10 heteroatoms. The molecule has 6 nitrogen and oxygen atoms in total. The maximum Gasteiger partial charge on any atom is 0.415 e. The van der Waals surface area contributed by atoms with Crippen LogP contribution in [0.25, 0.3) is 0 Å². The summed E-state index contributed by atoms with van der Waals surface area (Å²) in [4.78, 5) is 12.4. The summed E-state index contributed by atoms with van der Waals surface area (Å²) in [5.74, 6) is -0.255. The summed E-state index contributed by atoms with van der Waals surface area (Å²) < 4.78 is 70.7. The average Bonchev–Trinajstić information content (AvgIpc) is 2.59. The third kappa shape index (κ3) is 5.20. The molecular weight excluding hydrogens is 409 g/mol. The zero-order chi connectivity index (χ0) is 21.4. The number of rotatable bonds is 5. The molecule has 1 atom stereocenters. The maximum atomic E-state index is 12.8. The van der Waals surface area contributed by atoms with Crippen molar-refractivity contribution in [3.63, 3.8) is 0 Å². The van der Waals surface area contributed by atoms with Crippen LogP contribution in [-0.2, 0) is 20.5 Å². The first-order valence-electron chi connectivity index (χ1n) is 8.68. The van der Waals surface area contributed by atoms with E-state index in [2.05, 4.69) is 4.72 Å². The smallest absolute Gasteiger partial charge is 0.415 e. The molecule has 0 bridgehead atoms. The van der Waals surface area contributed by atoms with E-state index in [0.29, 0.717) is 10.5 Å². The minimum atomic E-state index is -4.61. The van der Waals surface area contributed by atoms with Crippen molar-refractivity contribution >= 4 is 27.5 Å². The van der Waals surface area contributed by atoms with Crippen LogP contribution in [0, 0.1) is 6.92 Å². The molecule has 1 aliphatic rings. The lowest BCUT2D eigenvalue weighted by Gasteiger charge is -2.33. The van der Waals surface area contributed by atoms with Crippen molar-refractivity contribution in [3.05, 3.63) is 59.2 Å². The molecule has 0 spiro atoms. The van der Waals surface area contributed by atoms with E-state index in [1.165, 1.54) is 25.1 Å². The van der Waals surface area contributed by atoms with Gasteiger partial charge in [0.1, 0.15) is 12.6 Å². The number of cyclic esters (lactones) is 1. The van der Waals surface area contributed by atoms with Crippen LogP contribution in [0.15, 0.2) is 42.5 Å². The molecule has 0 radical (unpaired) electrons. The fraction of sp³-hybridized carbons (Fsp3) is 0.316. The van der Waals surface area contributed by atoms with Crippen molar-refractivity contribution < 1.29 is 31.1 Å². The highest BCUT2D eigenvalue weighted by Crippen LogP contribution is 2.38. The molecule has 3 rings (SSSR count). The van der Waals surface area contributed by atoms with Crippen LogP contribution in [0.5, 0.6) is 0 Å². The Bertz CT molecular complexity index is 1020. The third-order valence-electron chi connectivity index (χ3n) is 4.34. The predicted molar refractivity (Wildman–Crippen MR) is 102 cm³/mol. The second-order valence-electron chi connectivity index (χ2n) is 6.85. The number of anilines is 2. The fourth-order valence-corrected chi connectivity index (χ4v) is 4.20. The highest BCUT2D eigenvalue weighted by atomic mass is 32.2. The van der Waals surface area contributed by atoms with Gasteiger partial charge in [0.25, 0.3) is 0 Å². The van der Waals surface area contributed by atoms with E-state index in [1.54, 1.807) is 24.3 Å². The molecule has 0 saturated carbocycles. The lowest BCUT2D eigenvalue weighted by Crippen LogP contribution is -2.43. The van der Waals surface area contributed by atoms with Crippen molar-refractivity contribution in [2.75, 3.05) is 16.2 Å². The SMILES string of the molecule is Cc1ccc(CS(=O)(=O)Nc2ccc3c(c2)C(C)OC(=O)N3CC(F)(F)F)cc1. The predicted octanol–water partition coefficient (Wildman–Crippen LogP) is 4.52. The van der Waals surface area contributed by atoms with Crippen molar-refractivity contribution in [2.45, 2.75) is 31.9 Å². The molecule has 1 heterocycles. The zero-order valence-corrected chi connectivity index (χ0v) is 16.5. The van der Waals surface area contributed by atoms with Gasteiger partial charge in [0.05, 0.1) is 11.4 Å². The summed E-state index contributed by atoms with van der Waals surface area (Å²) in [6.07, 6.45) is -6.52. The first kappa shape index (κ1) is 21.0. The number of nitrogens with one attached hydrogen (secondary N) is 1. The van der Waals surface area contributed by atoms with Crippen molar-refractivity contribution in [1.82, 2.24) is 0 Å². The number of fused-ring (bicyclic) bond motifs is 1. The number of sulfonamides is 1. The topological polar surface area (TPSA) is 75.7 Å². The second-order valence-corrected chi connectivity index (χ2v) is 8.57. The van der Waals surface area contributed by atoms with Gasteiger partial charge >= 0.3 is 12.3 Å². The summed E-state index contributed by atoms with van der Waals surface area (Å²) >= 11 is 0. The second kappa shape index (κ2) is 7.58. The lowest BCUT2D eigenvalue weighted by molar-refractivity contribution is -0.119. The van der Waals surface area contributed by atoms with Gasteiger partial charge < -0.3 is 4.74 Å². The molecule has 2 aromatic carbocycles.